The molecule has 0 aromatic heterocycles. The Kier molecular flexibility index (Phi) is 10.3. The number of sulfonamides is 1. The number of benzene rings is 4. The summed E-state index contributed by atoms with van der Waals surface area (Å²) in [5.74, 6) is 1.52. The Balaban J connectivity index is 1.34. The van der Waals surface area contributed by atoms with E-state index in [9.17, 15) is 18.3 Å². The minimum atomic E-state index is -3.88. The second-order valence-corrected chi connectivity index (χ2v) is 13.7. The number of hydrogen-bond donors (Lipinski definition) is 2. The molecule has 242 valence electrons. The Morgan fingerprint density at radius 2 is 1.67 bits per heavy atom. The van der Waals surface area contributed by atoms with Crippen LogP contribution >= 0.6 is 0 Å². The molecular weight excluding hydrogens is 602 g/mol. The molecule has 1 aliphatic heterocycles. The molecule has 46 heavy (non-hydrogen) atoms. The average molecular weight is 644 g/mol. The van der Waals surface area contributed by atoms with E-state index in [1.54, 1.807) is 48.2 Å². The highest BCUT2D eigenvalue weighted by molar-refractivity contribution is 7.92. The summed E-state index contributed by atoms with van der Waals surface area (Å²) in [4.78, 5) is 17.7. The van der Waals surface area contributed by atoms with E-state index in [1.165, 1.54) is 6.07 Å². The zero-order chi connectivity index (χ0) is 32.8. The topological polar surface area (TPSA) is 108 Å². The van der Waals surface area contributed by atoms with Gasteiger partial charge in [0.1, 0.15) is 23.4 Å². The molecule has 0 fully saturated rings. The summed E-state index contributed by atoms with van der Waals surface area (Å²) >= 11 is 0. The van der Waals surface area contributed by atoms with Gasteiger partial charge in [-0.2, -0.15) is 0 Å². The number of carbonyl (C=O) groups is 1. The number of carbonyl (C=O) groups excluding carboxylic acids is 1. The third-order valence-corrected chi connectivity index (χ3v) is 9.49. The number of aliphatic hydroxyl groups excluding tert-OH is 1. The van der Waals surface area contributed by atoms with Gasteiger partial charge in [-0.05, 0) is 81.1 Å². The quantitative estimate of drug-likeness (QED) is 0.208. The van der Waals surface area contributed by atoms with Gasteiger partial charge in [0, 0.05) is 31.2 Å². The fourth-order valence-electron chi connectivity index (χ4n) is 5.41. The van der Waals surface area contributed by atoms with Crippen LogP contribution in [0.1, 0.15) is 35.3 Å². The number of ether oxygens (including phenoxy) is 2. The third kappa shape index (κ3) is 8.06. The molecule has 10 heteroatoms. The molecule has 0 saturated heterocycles. The van der Waals surface area contributed by atoms with Crippen molar-refractivity contribution in [3.8, 4) is 17.2 Å². The monoisotopic (exact) mass is 643 g/mol. The zero-order valence-corrected chi connectivity index (χ0v) is 27.4. The number of fused-ring (bicyclic) bond motifs is 1. The second-order valence-electron chi connectivity index (χ2n) is 12.0. The molecule has 0 spiro atoms. The summed E-state index contributed by atoms with van der Waals surface area (Å²) in [7, 11) is -1.86. The number of anilines is 1. The van der Waals surface area contributed by atoms with Gasteiger partial charge in [0.25, 0.3) is 15.9 Å². The molecule has 5 rings (SSSR count). The van der Waals surface area contributed by atoms with Gasteiger partial charge in [0.05, 0.1) is 23.1 Å². The maximum atomic E-state index is 13.8. The highest BCUT2D eigenvalue weighted by atomic mass is 32.2. The molecule has 1 amide bonds. The highest BCUT2D eigenvalue weighted by Crippen LogP contribution is 2.32. The number of para-hydroxylation sites is 1. The molecule has 4 aromatic carbocycles. The van der Waals surface area contributed by atoms with E-state index in [2.05, 4.69) is 9.62 Å². The first kappa shape index (κ1) is 33.0. The van der Waals surface area contributed by atoms with Crippen molar-refractivity contribution in [2.24, 2.45) is 5.92 Å². The Morgan fingerprint density at radius 3 is 2.35 bits per heavy atom. The van der Waals surface area contributed by atoms with Gasteiger partial charge in [0.2, 0.25) is 0 Å². The summed E-state index contributed by atoms with van der Waals surface area (Å²) in [5.41, 5.74) is 2.53. The number of nitrogens with one attached hydrogen (secondary N) is 1. The minimum Gasteiger partial charge on any atom is -0.488 e. The maximum Gasteiger partial charge on any atom is 0.261 e. The smallest absolute Gasteiger partial charge is 0.261 e. The molecule has 0 radical (unpaired) electrons. The van der Waals surface area contributed by atoms with Crippen LogP contribution in [-0.2, 0) is 16.6 Å². The van der Waals surface area contributed by atoms with Crippen molar-refractivity contribution in [3.63, 3.8) is 0 Å². The first-order valence-electron chi connectivity index (χ1n) is 15.3. The van der Waals surface area contributed by atoms with Crippen LogP contribution < -0.4 is 14.2 Å². The normalized spacial score (nSPS) is 17.4. The summed E-state index contributed by atoms with van der Waals surface area (Å²) < 4.78 is 41.2. The van der Waals surface area contributed by atoms with E-state index in [0.29, 0.717) is 25.4 Å². The van der Waals surface area contributed by atoms with E-state index < -0.39 is 16.1 Å². The Morgan fingerprint density at radius 1 is 1.00 bits per heavy atom. The van der Waals surface area contributed by atoms with Gasteiger partial charge < -0.3 is 19.5 Å². The average Bonchev–Trinajstić information content (AvgIpc) is 3.04. The highest BCUT2D eigenvalue weighted by Gasteiger charge is 2.33. The molecule has 1 heterocycles. The van der Waals surface area contributed by atoms with Crippen LogP contribution in [0, 0.1) is 12.8 Å². The fourth-order valence-corrected chi connectivity index (χ4v) is 6.46. The van der Waals surface area contributed by atoms with Crippen LogP contribution in [0.5, 0.6) is 17.2 Å². The number of rotatable bonds is 11. The molecule has 0 unspecified atom stereocenters. The van der Waals surface area contributed by atoms with E-state index in [1.807, 2.05) is 75.5 Å². The Labute approximate surface area is 271 Å². The summed E-state index contributed by atoms with van der Waals surface area (Å²) in [5, 5.41) is 10.00. The molecule has 4 aromatic rings. The summed E-state index contributed by atoms with van der Waals surface area (Å²) in [6.45, 7) is 7.11. The lowest BCUT2D eigenvalue weighted by atomic mass is 9.99. The molecule has 0 saturated carbocycles. The largest absolute Gasteiger partial charge is 0.488 e. The van der Waals surface area contributed by atoms with Crippen molar-refractivity contribution < 1.29 is 27.8 Å². The maximum absolute atomic E-state index is 13.8. The number of amides is 1. The predicted molar refractivity (Wildman–Crippen MR) is 179 cm³/mol. The first-order valence-corrected chi connectivity index (χ1v) is 16.8. The van der Waals surface area contributed by atoms with Crippen molar-refractivity contribution in [2.45, 2.75) is 44.4 Å². The van der Waals surface area contributed by atoms with Crippen LogP contribution in [0.15, 0.2) is 102 Å². The fraction of sp³-hybridized carbons (Fsp3) is 0.306. The van der Waals surface area contributed by atoms with Crippen LogP contribution in [0.3, 0.4) is 0 Å². The van der Waals surface area contributed by atoms with Crippen LogP contribution in [-0.4, -0.2) is 68.1 Å². The Hall–Kier alpha value is -4.38. The molecule has 0 aliphatic carbocycles. The molecule has 0 bridgehead atoms. The molecule has 1 aliphatic rings. The molecule has 2 N–H and O–H groups in total. The van der Waals surface area contributed by atoms with Crippen molar-refractivity contribution in [1.29, 1.82) is 0 Å². The van der Waals surface area contributed by atoms with Gasteiger partial charge >= 0.3 is 0 Å². The summed E-state index contributed by atoms with van der Waals surface area (Å²) in [6.07, 6.45) is -0.291. The van der Waals surface area contributed by atoms with Crippen LogP contribution in [0.4, 0.5) is 5.69 Å². The molecule has 9 nitrogen and oxygen atoms in total. The number of aryl methyl sites for hydroxylation is 1. The van der Waals surface area contributed by atoms with Gasteiger partial charge in [-0.1, -0.05) is 55.0 Å². The van der Waals surface area contributed by atoms with Gasteiger partial charge in [-0.25, -0.2) is 8.42 Å². The second kappa shape index (κ2) is 14.4. The van der Waals surface area contributed by atoms with E-state index in [0.717, 1.165) is 22.6 Å². The van der Waals surface area contributed by atoms with Crippen molar-refractivity contribution in [1.82, 2.24) is 9.80 Å². The zero-order valence-electron chi connectivity index (χ0n) is 26.6. The number of hydrogen-bond acceptors (Lipinski definition) is 7. The van der Waals surface area contributed by atoms with E-state index in [4.69, 9.17) is 9.47 Å². The molecule has 3 atom stereocenters. The number of likely N-dealkylation sites (N-methyl/N-ethyl adjacent to an activating group) is 1. The lowest BCUT2D eigenvalue weighted by Gasteiger charge is -2.38. The van der Waals surface area contributed by atoms with Gasteiger partial charge in [0.15, 0.2) is 0 Å². The Bertz CT molecular complexity index is 1730. The molecular formula is C36H41N3O6S. The first-order chi connectivity index (χ1) is 22.0. The van der Waals surface area contributed by atoms with E-state index >= 15 is 0 Å². The summed E-state index contributed by atoms with van der Waals surface area (Å²) in [6, 6.07) is 28.5. The number of nitrogens with zero attached hydrogens (tertiary/aromatic N) is 2. The minimum absolute atomic E-state index is 0.0603. The van der Waals surface area contributed by atoms with E-state index in [-0.39, 0.29) is 40.7 Å². The lowest BCUT2D eigenvalue weighted by Crippen LogP contribution is -2.49. The van der Waals surface area contributed by atoms with Crippen molar-refractivity contribution in [3.05, 3.63) is 114 Å². The van der Waals surface area contributed by atoms with Crippen molar-refractivity contribution in [2.75, 3.05) is 31.5 Å². The number of aliphatic hydroxyl groups is 1. The lowest BCUT2D eigenvalue weighted by molar-refractivity contribution is 0.0341. The van der Waals surface area contributed by atoms with Gasteiger partial charge in [-0.15, -0.1) is 0 Å². The van der Waals surface area contributed by atoms with Crippen LogP contribution in [0.2, 0.25) is 0 Å². The predicted octanol–water partition coefficient (Wildman–Crippen LogP) is 5.94. The standard InChI is InChI=1S/C36H41N3O6S/c1-25-10-17-32(18-11-25)46(42,43)37-29-14-19-34-33(20-29)36(41)39(27(3)24-40)21-26(2)35(45-34)23-38(4)22-28-12-15-31(16-13-28)44-30-8-6-5-7-9-30/h5-20,26-27,35,37,40H,21-24H2,1-4H3/t26-,27+,35-/m0/s1. The SMILES string of the molecule is Cc1ccc(S(=O)(=O)Nc2ccc3c(c2)C(=O)N([C@H](C)CO)C[C@H](C)[C@H](CN(C)Cc2ccc(Oc4ccccc4)cc2)O3)cc1. The van der Waals surface area contributed by atoms with Crippen molar-refractivity contribution >= 4 is 21.6 Å². The third-order valence-electron chi connectivity index (χ3n) is 8.09. The van der Waals surface area contributed by atoms with Gasteiger partial charge in [-0.3, -0.25) is 14.4 Å². The van der Waals surface area contributed by atoms with Crippen LogP contribution in [0.25, 0.3) is 0 Å².